The predicted molar refractivity (Wildman–Crippen MR) is 53.1 cm³/mol. The summed E-state index contributed by atoms with van der Waals surface area (Å²) in [5.41, 5.74) is 0. The van der Waals surface area contributed by atoms with Crippen molar-refractivity contribution in [2.24, 2.45) is 0 Å². The molecular formula is C9H13F5OS. The monoisotopic (exact) mass is 264 g/mol. The molecular weight excluding hydrogens is 251 g/mol. The number of rotatable bonds is 7. The van der Waals surface area contributed by atoms with Crippen molar-refractivity contribution in [1.82, 2.24) is 0 Å². The Morgan fingerprint density at radius 1 is 1.31 bits per heavy atom. The maximum atomic E-state index is 13.0. The van der Waals surface area contributed by atoms with Crippen molar-refractivity contribution in [3.63, 3.8) is 0 Å². The van der Waals surface area contributed by atoms with Gasteiger partial charge >= 0.3 is 0 Å². The molecule has 0 radical (unpaired) electrons. The van der Waals surface area contributed by atoms with Crippen molar-refractivity contribution in [3.05, 3.63) is 0 Å². The lowest BCUT2D eigenvalue weighted by molar-refractivity contribution is -0.109. The molecule has 0 aliphatic rings. The van der Waals surface area contributed by atoms with Gasteiger partial charge in [-0.05, 0) is 0 Å². The molecule has 7 heteroatoms. The normalized spacial score (nSPS) is 15.9. The molecule has 0 fully saturated rings. The van der Waals surface area contributed by atoms with Crippen molar-refractivity contribution in [1.29, 1.82) is 0 Å². The quantitative estimate of drug-likeness (QED) is 0.656. The number of alkyl halides is 5. The Bertz CT molecular complexity index is 224. The second kappa shape index (κ2) is 7.09. The third kappa shape index (κ3) is 7.03. The summed E-state index contributed by atoms with van der Waals surface area (Å²) < 4.78 is 62.7. The SMILES string of the molecule is CC(=O)SCCC(F)(F)CC(F)C(F)CF. The van der Waals surface area contributed by atoms with Crippen LogP contribution in [0.2, 0.25) is 0 Å². The van der Waals surface area contributed by atoms with Crippen molar-refractivity contribution in [2.75, 3.05) is 12.4 Å². The highest BCUT2D eigenvalue weighted by atomic mass is 32.2. The minimum absolute atomic E-state index is 0.165. The van der Waals surface area contributed by atoms with Crippen LogP contribution in [0.15, 0.2) is 0 Å². The molecule has 96 valence electrons. The van der Waals surface area contributed by atoms with Gasteiger partial charge in [0.05, 0.1) is 0 Å². The Labute approximate surface area is 94.8 Å². The Morgan fingerprint density at radius 3 is 2.31 bits per heavy atom. The summed E-state index contributed by atoms with van der Waals surface area (Å²) >= 11 is 0.690. The van der Waals surface area contributed by atoms with Crippen molar-refractivity contribution >= 4 is 16.9 Å². The smallest absolute Gasteiger partial charge is 0.251 e. The van der Waals surface area contributed by atoms with Gasteiger partial charge < -0.3 is 0 Å². The van der Waals surface area contributed by atoms with Crippen LogP contribution in [0.4, 0.5) is 22.0 Å². The van der Waals surface area contributed by atoms with Crippen LogP contribution in [-0.4, -0.2) is 35.8 Å². The van der Waals surface area contributed by atoms with Crippen molar-refractivity contribution < 1.29 is 26.7 Å². The molecule has 0 spiro atoms. The first-order valence-electron chi connectivity index (χ1n) is 4.64. The van der Waals surface area contributed by atoms with E-state index in [0.717, 1.165) is 0 Å². The van der Waals surface area contributed by atoms with Crippen LogP contribution in [0.1, 0.15) is 19.8 Å². The fraction of sp³-hybridized carbons (Fsp3) is 0.889. The van der Waals surface area contributed by atoms with Gasteiger partial charge in [0.25, 0.3) is 5.92 Å². The first kappa shape index (κ1) is 15.7. The van der Waals surface area contributed by atoms with Crippen LogP contribution < -0.4 is 0 Å². The molecule has 0 aromatic heterocycles. The van der Waals surface area contributed by atoms with E-state index in [1.54, 1.807) is 0 Å². The largest absolute Gasteiger partial charge is 0.288 e. The summed E-state index contributed by atoms with van der Waals surface area (Å²) in [6.45, 7) is -0.388. The van der Waals surface area contributed by atoms with Crippen LogP contribution in [0, 0.1) is 0 Å². The first-order chi connectivity index (χ1) is 7.28. The lowest BCUT2D eigenvalue weighted by Gasteiger charge is -2.19. The van der Waals surface area contributed by atoms with Crippen LogP contribution in [0.25, 0.3) is 0 Å². The Kier molecular flexibility index (Phi) is 6.94. The zero-order valence-electron chi connectivity index (χ0n) is 8.69. The summed E-state index contributed by atoms with van der Waals surface area (Å²) in [6, 6.07) is 0. The fourth-order valence-corrected chi connectivity index (χ4v) is 1.64. The average Bonchev–Trinajstić information content (AvgIpc) is 2.14. The maximum absolute atomic E-state index is 13.0. The fourth-order valence-electron chi connectivity index (χ4n) is 0.956. The third-order valence-corrected chi connectivity index (χ3v) is 2.62. The minimum atomic E-state index is -3.42. The molecule has 2 unspecified atom stereocenters. The van der Waals surface area contributed by atoms with Crippen LogP contribution in [0.3, 0.4) is 0 Å². The summed E-state index contributed by atoms with van der Waals surface area (Å²) in [7, 11) is 0. The van der Waals surface area contributed by atoms with Gasteiger partial charge in [-0.2, -0.15) is 0 Å². The van der Waals surface area contributed by atoms with Gasteiger partial charge in [0.1, 0.15) is 12.8 Å². The van der Waals surface area contributed by atoms with E-state index in [9.17, 15) is 26.7 Å². The predicted octanol–water partition coefficient (Wildman–Crippen LogP) is 3.33. The van der Waals surface area contributed by atoms with E-state index in [0.29, 0.717) is 11.8 Å². The Balaban J connectivity index is 3.98. The molecule has 0 N–H and O–H groups in total. The van der Waals surface area contributed by atoms with Gasteiger partial charge in [-0.15, -0.1) is 0 Å². The van der Waals surface area contributed by atoms with Crippen LogP contribution >= 0.6 is 11.8 Å². The van der Waals surface area contributed by atoms with Gasteiger partial charge in [0.2, 0.25) is 0 Å². The molecule has 0 bridgehead atoms. The van der Waals surface area contributed by atoms with Gasteiger partial charge in [0, 0.05) is 25.5 Å². The highest BCUT2D eigenvalue weighted by Gasteiger charge is 2.36. The molecule has 0 amide bonds. The van der Waals surface area contributed by atoms with Crippen molar-refractivity contribution in [2.45, 2.75) is 38.0 Å². The number of halogens is 5. The maximum Gasteiger partial charge on any atom is 0.251 e. The van der Waals surface area contributed by atoms with Gasteiger partial charge in [-0.3, -0.25) is 4.79 Å². The summed E-state index contributed by atoms with van der Waals surface area (Å²) in [6.07, 6.45) is -7.10. The van der Waals surface area contributed by atoms with E-state index in [2.05, 4.69) is 0 Å². The molecule has 16 heavy (non-hydrogen) atoms. The average molecular weight is 264 g/mol. The molecule has 0 aliphatic heterocycles. The number of hydrogen-bond acceptors (Lipinski definition) is 2. The zero-order valence-corrected chi connectivity index (χ0v) is 9.51. The molecule has 0 aromatic carbocycles. The van der Waals surface area contributed by atoms with E-state index in [4.69, 9.17) is 0 Å². The summed E-state index contributed by atoms with van der Waals surface area (Å²) in [5.74, 6) is -3.58. The number of thioether (sulfide) groups is 1. The molecule has 2 atom stereocenters. The minimum Gasteiger partial charge on any atom is -0.288 e. The second-order valence-electron chi connectivity index (χ2n) is 3.34. The van der Waals surface area contributed by atoms with E-state index in [1.165, 1.54) is 6.92 Å². The first-order valence-corrected chi connectivity index (χ1v) is 5.62. The molecule has 0 aliphatic carbocycles. The Hall–Kier alpha value is -0.330. The molecule has 1 nitrogen and oxygen atoms in total. The number of carbonyl (C=O) groups is 1. The van der Waals surface area contributed by atoms with E-state index in [1.807, 2.05) is 0 Å². The lowest BCUT2D eigenvalue weighted by Crippen LogP contribution is -2.29. The summed E-state index contributed by atoms with van der Waals surface area (Å²) in [4.78, 5) is 10.4. The van der Waals surface area contributed by atoms with Crippen molar-refractivity contribution in [3.8, 4) is 0 Å². The highest BCUT2D eigenvalue weighted by Crippen LogP contribution is 2.29. The number of carbonyl (C=O) groups excluding carboxylic acids is 1. The molecule has 0 heterocycles. The highest BCUT2D eigenvalue weighted by molar-refractivity contribution is 8.13. The Morgan fingerprint density at radius 2 is 1.88 bits per heavy atom. The van der Waals surface area contributed by atoms with Gasteiger partial charge in [0.15, 0.2) is 11.3 Å². The topological polar surface area (TPSA) is 17.1 Å². The molecule has 0 aromatic rings. The second-order valence-corrected chi connectivity index (χ2v) is 4.61. The lowest BCUT2D eigenvalue weighted by atomic mass is 10.1. The van der Waals surface area contributed by atoms with E-state index in [-0.39, 0.29) is 10.9 Å². The standard InChI is InChI=1S/C9H13F5OS/c1-6(15)16-3-2-9(13,14)4-7(11)8(12)5-10/h7-8H,2-5H2,1H3. The molecule has 0 rings (SSSR count). The van der Waals surface area contributed by atoms with E-state index >= 15 is 0 Å². The number of hydrogen-bond donors (Lipinski definition) is 0. The van der Waals surface area contributed by atoms with E-state index < -0.39 is 37.8 Å². The van der Waals surface area contributed by atoms with Gasteiger partial charge in [-0.25, -0.2) is 22.0 Å². The molecule has 0 saturated heterocycles. The molecule has 0 saturated carbocycles. The summed E-state index contributed by atoms with van der Waals surface area (Å²) in [5, 5.41) is -0.320. The van der Waals surface area contributed by atoms with Gasteiger partial charge in [-0.1, -0.05) is 11.8 Å². The zero-order chi connectivity index (χ0) is 12.8. The van der Waals surface area contributed by atoms with Crippen LogP contribution in [-0.2, 0) is 4.79 Å². The third-order valence-electron chi connectivity index (χ3n) is 1.81. The van der Waals surface area contributed by atoms with Crippen LogP contribution in [0.5, 0.6) is 0 Å².